The zero-order valence-electron chi connectivity index (χ0n) is 20.1. The van der Waals surface area contributed by atoms with E-state index in [0.29, 0.717) is 35.8 Å². The van der Waals surface area contributed by atoms with Gasteiger partial charge >= 0.3 is 5.97 Å². The van der Waals surface area contributed by atoms with Crippen molar-refractivity contribution in [1.82, 2.24) is 4.90 Å². The van der Waals surface area contributed by atoms with Crippen molar-refractivity contribution in [3.05, 3.63) is 75.9 Å². The Hall–Kier alpha value is -3.70. The van der Waals surface area contributed by atoms with Gasteiger partial charge in [-0.25, -0.2) is 9.18 Å². The molecule has 2 N–H and O–H groups in total. The summed E-state index contributed by atoms with van der Waals surface area (Å²) in [5, 5.41) is 5.88. The highest BCUT2D eigenvalue weighted by molar-refractivity contribution is 8.00. The maximum Gasteiger partial charge on any atom is 0.341 e. The molecule has 0 radical (unpaired) electrons. The Morgan fingerprint density at radius 1 is 1.11 bits per heavy atom. The minimum atomic E-state index is -0.613. The zero-order chi connectivity index (χ0) is 26.5. The molecule has 0 spiro atoms. The molecule has 3 aromatic rings. The van der Waals surface area contributed by atoms with Crippen LogP contribution in [0.3, 0.4) is 0 Å². The van der Waals surface area contributed by atoms with Gasteiger partial charge in [0.05, 0.1) is 30.5 Å². The molecule has 4 rings (SSSR count). The topological polar surface area (TPSA) is 105 Å². The number of thioether (sulfide) groups is 1. The van der Waals surface area contributed by atoms with E-state index >= 15 is 0 Å². The number of ether oxygens (including phenoxy) is 1. The molecule has 1 aromatic heterocycles. The molecule has 0 saturated heterocycles. The number of fused-ring (bicyclic) bond motifs is 1. The second kappa shape index (κ2) is 11.6. The number of nitrogens with zero attached hydrogens (tertiary/aromatic N) is 1. The van der Waals surface area contributed by atoms with Gasteiger partial charge in [0.25, 0.3) is 5.91 Å². The number of methoxy groups -OCH3 is 1. The normalized spacial score (nSPS) is 12.5. The maximum absolute atomic E-state index is 13.9. The Balaban J connectivity index is 1.41. The molecule has 1 aliphatic rings. The molecule has 0 fully saturated rings. The Morgan fingerprint density at radius 3 is 2.62 bits per heavy atom. The second-order valence-electron chi connectivity index (χ2n) is 8.19. The van der Waals surface area contributed by atoms with Gasteiger partial charge in [-0.2, -0.15) is 0 Å². The lowest BCUT2D eigenvalue weighted by Gasteiger charge is -2.25. The summed E-state index contributed by atoms with van der Waals surface area (Å²) in [4.78, 5) is 52.7. The molecule has 3 amide bonds. The highest BCUT2D eigenvalue weighted by atomic mass is 32.2. The molecular formula is C26H24FN3O5S2. The molecule has 1 aliphatic heterocycles. The van der Waals surface area contributed by atoms with Crippen LogP contribution in [-0.2, 0) is 27.3 Å². The van der Waals surface area contributed by atoms with E-state index < -0.39 is 17.7 Å². The third kappa shape index (κ3) is 6.17. The van der Waals surface area contributed by atoms with E-state index in [-0.39, 0.29) is 23.1 Å². The van der Waals surface area contributed by atoms with Crippen molar-refractivity contribution >= 4 is 57.5 Å². The van der Waals surface area contributed by atoms with Gasteiger partial charge in [-0.15, -0.1) is 23.1 Å². The molecule has 11 heteroatoms. The van der Waals surface area contributed by atoms with Crippen molar-refractivity contribution in [3.63, 3.8) is 0 Å². The first-order valence-electron chi connectivity index (χ1n) is 11.3. The van der Waals surface area contributed by atoms with Crippen molar-refractivity contribution in [2.75, 3.05) is 30.0 Å². The van der Waals surface area contributed by atoms with Crippen LogP contribution in [0.2, 0.25) is 0 Å². The standard InChI is InChI=1S/C26H24FN3O5S2/c1-15(31)30-11-10-19-21(13-30)37-25(23(19)26(34)35-2)29-22(32)14-36-17-7-5-6-16(12-17)28-24(33)18-8-3-4-9-20(18)27/h3-9,12H,10-11,13-14H2,1-2H3,(H,28,33)(H,29,32). The van der Waals surface area contributed by atoms with E-state index in [9.17, 15) is 23.6 Å². The molecule has 192 valence electrons. The summed E-state index contributed by atoms with van der Waals surface area (Å²) in [5.74, 6) is -2.04. The summed E-state index contributed by atoms with van der Waals surface area (Å²) in [6, 6.07) is 12.6. The fourth-order valence-electron chi connectivity index (χ4n) is 3.90. The van der Waals surface area contributed by atoms with Crippen LogP contribution in [0.5, 0.6) is 0 Å². The number of hydrogen-bond acceptors (Lipinski definition) is 7. The van der Waals surface area contributed by atoms with Gasteiger partial charge in [-0.05, 0) is 42.3 Å². The van der Waals surface area contributed by atoms with Gasteiger partial charge in [0.1, 0.15) is 10.8 Å². The number of anilines is 2. The minimum Gasteiger partial charge on any atom is -0.465 e. The Morgan fingerprint density at radius 2 is 1.89 bits per heavy atom. The Kier molecular flexibility index (Phi) is 8.24. The Labute approximate surface area is 221 Å². The average Bonchev–Trinajstić information content (AvgIpc) is 3.24. The number of benzene rings is 2. The molecule has 0 aliphatic carbocycles. The van der Waals surface area contributed by atoms with Crippen molar-refractivity contribution in [1.29, 1.82) is 0 Å². The molecule has 0 atom stereocenters. The van der Waals surface area contributed by atoms with Gasteiger partial charge in [0.2, 0.25) is 11.8 Å². The summed E-state index contributed by atoms with van der Waals surface area (Å²) in [6.07, 6.45) is 0.506. The van der Waals surface area contributed by atoms with Crippen molar-refractivity contribution in [2.24, 2.45) is 0 Å². The monoisotopic (exact) mass is 541 g/mol. The lowest BCUT2D eigenvalue weighted by atomic mass is 10.0. The number of carbonyl (C=O) groups excluding carboxylic acids is 4. The lowest BCUT2D eigenvalue weighted by molar-refractivity contribution is -0.129. The Bertz CT molecular complexity index is 1370. The van der Waals surface area contributed by atoms with Crippen LogP contribution >= 0.6 is 23.1 Å². The highest BCUT2D eigenvalue weighted by Crippen LogP contribution is 2.38. The molecule has 8 nitrogen and oxygen atoms in total. The van der Waals surface area contributed by atoms with Crippen LogP contribution in [0.25, 0.3) is 0 Å². The first-order valence-corrected chi connectivity index (χ1v) is 13.1. The highest BCUT2D eigenvalue weighted by Gasteiger charge is 2.30. The number of halogens is 1. The number of amides is 3. The van der Waals surface area contributed by atoms with Gasteiger partial charge in [0.15, 0.2) is 0 Å². The van der Waals surface area contributed by atoms with Crippen molar-refractivity contribution in [3.8, 4) is 0 Å². The van der Waals surface area contributed by atoms with Crippen LogP contribution in [0.15, 0.2) is 53.4 Å². The third-order valence-electron chi connectivity index (χ3n) is 5.72. The van der Waals surface area contributed by atoms with Crippen LogP contribution in [0.1, 0.15) is 38.1 Å². The summed E-state index contributed by atoms with van der Waals surface area (Å²) >= 11 is 2.52. The SMILES string of the molecule is COC(=O)c1c(NC(=O)CSc2cccc(NC(=O)c3ccccc3F)c2)sc2c1CCN(C(C)=O)C2. The molecule has 0 bridgehead atoms. The van der Waals surface area contributed by atoms with E-state index in [2.05, 4.69) is 10.6 Å². The summed E-state index contributed by atoms with van der Waals surface area (Å²) in [7, 11) is 1.29. The number of esters is 1. The molecule has 2 aromatic carbocycles. The maximum atomic E-state index is 13.9. The number of rotatable bonds is 7. The molecule has 0 unspecified atom stereocenters. The van der Waals surface area contributed by atoms with E-state index in [0.717, 1.165) is 15.3 Å². The third-order valence-corrected chi connectivity index (χ3v) is 7.85. The molecular weight excluding hydrogens is 517 g/mol. The average molecular weight is 542 g/mol. The summed E-state index contributed by atoms with van der Waals surface area (Å²) in [5.41, 5.74) is 1.54. The second-order valence-corrected chi connectivity index (χ2v) is 10.3. The number of nitrogens with one attached hydrogen (secondary N) is 2. The number of hydrogen-bond donors (Lipinski definition) is 2. The lowest BCUT2D eigenvalue weighted by Crippen LogP contribution is -2.33. The molecule has 37 heavy (non-hydrogen) atoms. The van der Waals surface area contributed by atoms with E-state index in [1.807, 2.05) is 0 Å². The van der Waals surface area contributed by atoms with Crippen LogP contribution in [0.4, 0.5) is 15.1 Å². The largest absolute Gasteiger partial charge is 0.465 e. The first-order chi connectivity index (χ1) is 17.8. The predicted octanol–water partition coefficient (Wildman–Crippen LogP) is 4.56. The van der Waals surface area contributed by atoms with Crippen LogP contribution in [-0.4, -0.2) is 48.0 Å². The summed E-state index contributed by atoms with van der Waals surface area (Å²) in [6.45, 7) is 2.38. The van der Waals surface area contributed by atoms with Gasteiger partial charge in [-0.1, -0.05) is 18.2 Å². The van der Waals surface area contributed by atoms with E-state index in [1.54, 1.807) is 35.2 Å². The van der Waals surface area contributed by atoms with Gasteiger partial charge in [-0.3, -0.25) is 14.4 Å². The fraction of sp³-hybridized carbons (Fsp3) is 0.231. The quantitative estimate of drug-likeness (QED) is 0.336. The molecule has 2 heterocycles. The van der Waals surface area contributed by atoms with Gasteiger partial charge in [0, 0.05) is 28.9 Å². The van der Waals surface area contributed by atoms with Gasteiger partial charge < -0.3 is 20.3 Å². The smallest absolute Gasteiger partial charge is 0.341 e. The minimum absolute atomic E-state index is 0.0482. The first kappa shape index (κ1) is 26.4. The van der Waals surface area contributed by atoms with E-state index in [1.165, 1.54) is 55.3 Å². The summed E-state index contributed by atoms with van der Waals surface area (Å²) < 4.78 is 18.8. The van der Waals surface area contributed by atoms with Crippen LogP contribution < -0.4 is 10.6 Å². The van der Waals surface area contributed by atoms with Crippen LogP contribution in [0, 0.1) is 5.82 Å². The zero-order valence-corrected chi connectivity index (χ0v) is 21.8. The van der Waals surface area contributed by atoms with E-state index in [4.69, 9.17) is 4.74 Å². The number of thiophene rings is 1. The fourth-order valence-corrected chi connectivity index (χ4v) is 5.92. The number of carbonyl (C=O) groups is 4. The van der Waals surface area contributed by atoms with Crippen molar-refractivity contribution < 1.29 is 28.3 Å². The van der Waals surface area contributed by atoms with Crippen molar-refractivity contribution in [2.45, 2.75) is 24.8 Å². The predicted molar refractivity (Wildman–Crippen MR) is 141 cm³/mol. The molecule has 0 saturated carbocycles.